The van der Waals surface area contributed by atoms with Gasteiger partial charge in [0, 0.05) is 25.2 Å². The Labute approximate surface area is 112 Å². The van der Waals surface area contributed by atoms with Crippen molar-refractivity contribution in [1.82, 2.24) is 9.78 Å². The average molecular weight is 259 g/mol. The molecule has 1 aromatic heterocycles. The van der Waals surface area contributed by atoms with Crippen molar-refractivity contribution >= 4 is 11.6 Å². The number of benzene rings is 1. The van der Waals surface area contributed by atoms with Crippen LogP contribution < -0.4 is 10.1 Å². The van der Waals surface area contributed by atoms with Crippen LogP contribution in [0.2, 0.25) is 0 Å². The van der Waals surface area contributed by atoms with Gasteiger partial charge in [0.25, 0.3) is 0 Å². The van der Waals surface area contributed by atoms with Gasteiger partial charge in [0.05, 0.1) is 19.0 Å². The monoisotopic (exact) mass is 259 g/mol. The van der Waals surface area contributed by atoms with Crippen molar-refractivity contribution in [2.75, 3.05) is 12.4 Å². The number of amides is 1. The summed E-state index contributed by atoms with van der Waals surface area (Å²) in [4.78, 5) is 11.1. The number of anilines is 1. The maximum atomic E-state index is 11.1. The molecule has 0 spiro atoms. The Hall–Kier alpha value is -2.30. The Morgan fingerprint density at radius 1 is 1.42 bits per heavy atom. The fourth-order valence-electron chi connectivity index (χ4n) is 2.11. The van der Waals surface area contributed by atoms with Gasteiger partial charge in [0.15, 0.2) is 0 Å². The van der Waals surface area contributed by atoms with Crippen molar-refractivity contribution in [2.45, 2.75) is 13.8 Å². The van der Waals surface area contributed by atoms with E-state index < -0.39 is 0 Å². The Morgan fingerprint density at radius 3 is 2.68 bits per heavy atom. The van der Waals surface area contributed by atoms with E-state index in [0.29, 0.717) is 0 Å². The molecule has 1 heterocycles. The first-order valence-corrected chi connectivity index (χ1v) is 5.97. The van der Waals surface area contributed by atoms with Crippen LogP contribution >= 0.6 is 0 Å². The highest BCUT2D eigenvalue weighted by atomic mass is 16.5. The van der Waals surface area contributed by atoms with E-state index in [9.17, 15) is 4.79 Å². The van der Waals surface area contributed by atoms with Crippen molar-refractivity contribution in [3.05, 3.63) is 30.0 Å². The number of carbonyl (C=O) groups excluding carboxylic acids is 1. The summed E-state index contributed by atoms with van der Waals surface area (Å²) in [6, 6.07) is 5.55. The summed E-state index contributed by atoms with van der Waals surface area (Å²) in [5.74, 6) is 0.652. The zero-order valence-corrected chi connectivity index (χ0v) is 11.5. The number of hydrogen-bond donors (Lipinski definition) is 1. The van der Waals surface area contributed by atoms with E-state index in [1.807, 2.05) is 32.2 Å². The lowest BCUT2D eigenvalue weighted by Gasteiger charge is -2.12. The van der Waals surface area contributed by atoms with Crippen LogP contribution in [0.1, 0.15) is 12.5 Å². The van der Waals surface area contributed by atoms with Gasteiger partial charge in [-0.25, -0.2) is 0 Å². The number of rotatable bonds is 3. The van der Waals surface area contributed by atoms with Crippen molar-refractivity contribution < 1.29 is 9.53 Å². The third-order valence-electron chi connectivity index (χ3n) is 2.90. The standard InChI is InChI=1S/C14H17N3O2/c1-9-8-15-17(3)14(9)12-7-11(16-10(2)18)5-6-13(12)19-4/h5-8H,1-4H3,(H,16,18). The van der Waals surface area contributed by atoms with Crippen LogP contribution in [-0.2, 0) is 11.8 Å². The van der Waals surface area contributed by atoms with Crippen LogP contribution in [0.3, 0.4) is 0 Å². The summed E-state index contributed by atoms with van der Waals surface area (Å²) in [6.45, 7) is 3.48. The molecule has 5 nitrogen and oxygen atoms in total. The van der Waals surface area contributed by atoms with E-state index in [4.69, 9.17) is 4.74 Å². The van der Waals surface area contributed by atoms with E-state index in [1.165, 1.54) is 6.92 Å². The molecular weight excluding hydrogens is 242 g/mol. The van der Waals surface area contributed by atoms with Gasteiger partial charge in [-0.1, -0.05) is 0 Å². The molecule has 0 radical (unpaired) electrons. The largest absolute Gasteiger partial charge is 0.496 e. The molecule has 5 heteroatoms. The van der Waals surface area contributed by atoms with Gasteiger partial charge in [-0.15, -0.1) is 0 Å². The van der Waals surface area contributed by atoms with Crippen molar-refractivity contribution in [1.29, 1.82) is 0 Å². The predicted octanol–water partition coefficient (Wildman–Crippen LogP) is 2.36. The highest BCUT2D eigenvalue weighted by Crippen LogP contribution is 2.34. The van der Waals surface area contributed by atoms with E-state index in [2.05, 4.69) is 10.4 Å². The zero-order valence-electron chi connectivity index (χ0n) is 11.5. The molecular formula is C14H17N3O2. The number of hydrogen-bond acceptors (Lipinski definition) is 3. The van der Waals surface area contributed by atoms with Gasteiger partial charge < -0.3 is 10.1 Å². The molecule has 0 unspecified atom stereocenters. The molecule has 1 aromatic carbocycles. The summed E-state index contributed by atoms with van der Waals surface area (Å²) >= 11 is 0. The SMILES string of the molecule is COc1ccc(NC(C)=O)cc1-c1c(C)cnn1C. The second-order valence-electron chi connectivity index (χ2n) is 4.40. The van der Waals surface area contributed by atoms with Gasteiger partial charge in [0.1, 0.15) is 5.75 Å². The molecule has 2 aromatic rings. The van der Waals surface area contributed by atoms with Gasteiger partial charge >= 0.3 is 0 Å². The van der Waals surface area contributed by atoms with Gasteiger partial charge in [0.2, 0.25) is 5.91 Å². The molecule has 0 fully saturated rings. The fraction of sp³-hybridized carbons (Fsp3) is 0.286. The van der Waals surface area contributed by atoms with E-state index in [1.54, 1.807) is 18.0 Å². The van der Waals surface area contributed by atoms with Crippen LogP contribution in [0, 0.1) is 6.92 Å². The Bertz CT molecular complexity index is 598. The van der Waals surface area contributed by atoms with Crippen LogP contribution in [0.5, 0.6) is 5.75 Å². The highest BCUT2D eigenvalue weighted by Gasteiger charge is 2.14. The summed E-state index contributed by atoms with van der Waals surface area (Å²) < 4.78 is 7.18. The highest BCUT2D eigenvalue weighted by molar-refractivity contribution is 5.90. The maximum absolute atomic E-state index is 11.1. The summed E-state index contributed by atoms with van der Waals surface area (Å²) in [5.41, 5.74) is 3.68. The van der Waals surface area contributed by atoms with Crippen molar-refractivity contribution in [3.63, 3.8) is 0 Å². The molecule has 0 atom stereocenters. The van der Waals surface area contributed by atoms with Crippen LogP contribution in [0.15, 0.2) is 24.4 Å². The normalized spacial score (nSPS) is 10.3. The Balaban J connectivity index is 2.56. The number of methoxy groups -OCH3 is 1. The fourth-order valence-corrected chi connectivity index (χ4v) is 2.11. The lowest BCUT2D eigenvalue weighted by Crippen LogP contribution is -2.06. The minimum absolute atomic E-state index is 0.0992. The smallest absolute Gasteiger partial charge is 0.221 e. The molecule has 1 amide bonds. The predicted molar refractivity (Wildman–Crippen MR) is 74.2 cm³/mol. The minimum Gasteiger partial charge on any atom is -0.496 e. The lowest BCUT2D eigenvalue weighted by atomic mass is 10.1. The summed E-state index contributed by atoms with van der Waals surface area (Å²) in [6.07, 6.45) is 1.81. The third-order valence-corrected chi connectivity index (χ3v) is 2.90. The van der Waals surface area contributed by atoms with E-state index in [-0.39, 0.29) is 5.91 Å². The molecule has 0 saturated heterocycles. The van der Waals surface area contributed by atoms with Crippen LogP contribution in [0.25, 0.3) is 11.3 Å². The van der Waals surface area contributed by atoms with Crippen molar-refractivity contribution in [3.8, 4) is 17.0 Å². The first kappa shape index (κ1) is 13.1. The van der Waals surface area contributed by atoms with Gasteiger partial charge in [-0.3, -0.25) is 9.48 Å². The van der Waals surface area contributed by atoms with E-state index >= 15 is 0 Å². The number of aryl methyl sites for hydroxylation is 2. The number of carbonyl (C=O) groups is 1. The van der Waals surface area contributed by atoms with E-state index in [0.717, 1.165) is 28.3 Å². The first-order chi connectivity index (χ1) is 9.02. The second kappa shape index (κ2) is 5.14. The number of nitrogens with zero attached hydrogens (tertiary/aromatic N) is 2. The number of nitrogens with one attached hydrogen (secondary N) is 1. The van der Waals surface area contributed by atoms with Crippen LogP contribution in [0.4, 0.5) is 5.69 Å². The number of ether oxygens (including phenoxy) is 1. The second-order valence-corrected chi connectivity index (χ2v) is 4.40. The Kier molecular flexibility index (Phi) is 3.55. The molecule has 0 aliphatic carbocycles. The lowest BCUT2D eigenvalue weighted by molar-refractivity contribution is -0.114. The first-order valence-electron chi connectivity index (χ1n) is 5.97. The minimum atomic E-state index is -0.0992. The quantitative estimate of drug-likeness (QED) is 0.920. The molecule has 0 aliphatic heterocycles. The molecule has 2 rings (SSSR count). The molecule has 100 valence electrons. The summed E-state index contributed by atoms with van der Waals surface area (Å²) in [7, 11) is 3.51. The topological polar surface area (TPSA) is 56.1 Å². The third kappa shape index (κ3) is 2.59. The maximum Gasteiger partial charge on any atom is 0.221 e. The average Bonchev–Trinajstić information content (AvgIpc) is 2.68. The molecule has 0 aliphatic rings. The van der Waals surface area contributed by atoms with Gasteiger partial charge in [-0.2, -0.15) is 5.10 Å². The zero-order chi connectivity index (χ0) is 14.0. The molecule has 1 N–H and O–H groups in total. The van der Waals surface area contributed by atoms with Crippen LogP contribution in [-0.4, -0.2) is 22.8 Å². The molecule has 19 heavy (non-hydrogen) atoms. The molecule has 0 bridgehead atoms. The number of aromatic nitrogens is 2. The Morgan fingerprint density at radius 2 is 2.16 bits per heavy atom. The molecule has 0 saturated carbocycles. The van der Waals surface area contributed by atoms with Gasteiger partial charge in [-0.05, 0) is 30.7 Å². The summed E-state index contributed by atoms with van der Waals surface area (Å²) in [5, 5.41) is 7.01. The van der Waals surface area contributed by atoms with Crippen molar-refractivity contribution in [2.24, 2.45) is 7.05 Å².